The van der Waals surface area contributed by atoms with Crippen LogP contribution in [0.1, 0.15) is 19.3 Å². The minimum atomic E-state index is -0.857. The summed E-state index contributed by atoms with van der Waals surface area (Å²) in [6.07, 6.45) is 0.726. The highest BCUT2D eigenvalue weighted by Gasteiger charge is 2.15. The Morgan fingerprint density at radius 3 is 1.88 bits per heavy atom. The summed E-state index contributed by atoms with van der Waals surface area (Å²) in [5.41, 5.74) is 0.157. The van der Waals surface area contributed by atoms with Gasteiger partial charge in [-0.3, -0.25) is 0 Å². The first kappa shape index (κ1) is 14.5. The second-order valence-corrected chi connectivity index (χ2v) is 3.18. The normalized spacial score (nSPS) is 9.62. The number of hydrogen-bond acceptors (Lipinski definition) is 5. The van der Waals surface area contributed by atoms with E-state index in [0.29, 0.717) is 6.42 Å². The molecule has 0 atom stereocenters. The van der Waals surface area contributed by atoms with Gasteiger partial charge in [0, 0.05) is 30.8 Å². The predicted octanol–water partition coefficient (Wildman–Crippen LogP) is 0.324. The molecule has 0 rings (SSSR count). The predicted molar refractivity (Wildman–Crippen MR) is 57.4 cm³/mol. The molecule has 0 bridgehead atoms. The Morgan fingerprint density at radius 2 is 1.44 bits per heavy atom. The lowest BCUT2D eigenvalue weighted by Gasteiger charge is -2.05. The van der Waals surface area contributed by atoms with Crippen LogP contribution in [0.3, 0.4) is 0 Å². The molecule has 0 aliphatic heterocycles. The number of aliphatic hydroxyl groups excluding tert-OH is 2. The number of ether oxygens (including phenoxy) is 1. The zero-order valence-electron chi connectivity index (χ0n) is 9.07. The molecule has 0 fully saturated rings. The fraction of sp³-hybridized carbons (Fsp3) is 0.455. The topological polar surface area (TPSA) is 83.8 Å². The number of carbonyl (C=O) groups excluding carboxylic acids is 2. The van der Waals surface area contributed by atoms with Crippen molar-refractivity contribution in [2.24, 2.45) is 0 Å². The standard InChI is InChI=1S/C11H16O5/c1-8(4-3-6-12)10(14)16-11(15)9(2)5-7-13/h12-13H,1-7H2. The van der Waals surface area contributed by atoms with Gasteiger partial charge in [0.1, 0.15) is 0 Å². The maximum atomic E-state index is 11.2. The van der Waals surface area contributed by atoms with E-state index in [1.807, 2.05) is 0 Å². The minimum absolute atomic E-state index is 0.0332. The highest BCUT2D eigenvalue weighted by molar-refractivity contribution is 6.01. The second-order valence-electron chi connectivity index (χ2n) is 3.18. The Balaban J connectivity index is 4.08. The lowest BCUT2D eigenvalue weighted by molar-refractivity contribution is -0.154. The molecule has 0 heterocycles. The van der Waals surface area contributed by atoms with Gasteiger partial charge in [-0.25, -0.2) is 9.59 Å². The van der Waals surface area contributed by atoms with Crippen LogP contribution in [0.5, 0.6) is 0 Å². The third kappa shape index (κ3) is 5.43. The van der Waals surface area contributed by atoms with Crippen molar-refractivity contribution >= 4 is 11.9 Å². The second kappa shape index (κ2) is 7.78. The van der Waals surface area contributed by atoms with Gasteiger partial charge in [0.2, 0.25) is 0 Å². The Morgan fingerprint density at radius 1 is 0.938 bits per heavy atom. The van der Waals surface area contributed by atoms with Crippen molar-refractivity contribution in [3.05, 3.63) is 24.3 Å². The summed E-state index contributed by atoms with van der Waals surface area (Å²) in [6, 6.07) is 0. The first-order valence-electron chi connectivity index (χ1n) is 4.86. The van der Waals surface area contributed by atoms with Crippen LogP contribution in [-0.4, -0.2) is 35.4 Å². The maximum Gasteiger partial charge on any atom is 0.341 e. The zero-order chi connectivity index (χ0) is 12.6. The highest BCUT2D eigenvalue weighted by atomic mass is 16.6. The van der Waals surface area contributed by atoms with Crippen molar-refractivity contribution in [2.45, 2.75) is 19.3 Å². The Kier molecular flexibility index (Phi) is 7.07. The third-order valence-corrected chi connectivity index (χ3v) is 1.81. The van der Waals surface area contributed by atoms with E-state index in [0.717, 1.165) is 0 Å². The summed E-state index contributed by atoms with van der Waals surface area (Å²) in [6.45, 7) is 6.51. The van der Waals surface area contributed by atoms with Crippen molar-refractivity contribution in [3.8, 4) is 0 Å². The quantitative estimate of drug-likeness (QED) is 0.372. The molecule has 0 aromatic rings. The van der Waals surface area contributed by atoms with Crippen LogP contribution < -0.4 is 0 Å². The molecule has 0 unspecified atom stereocenters. The third-order valence-electron chi connectivity index (χ3n) is 1.81. The smallest absolute Gasteiger partial charge is 0.341 e. The summed E-state index contributed by atoms with van der Waals surface area (Å²) in [5, 5.41) is 17.1. The Bertz CT molecular complexity index is 293. The van der Waals surface area contributed by atoms with E-state index < -0.39 is 11.9 Å². The van der Waals surface area contributed by atoms with Crippen LogP contribution in [0.15, 0.2) is 24.3 Å². The molecule has 5 heteroatoms. The Hall–Kier alpha value is -1.46. The van der Waals surface area contributed by atoms with E-state index in [2.05, 4.69) is 17.9 Å². The van der Waals surface area contributed by atoms with Crippen LogP contribution in [0.2, 0.25) is 0 Å². The average Bonchev–Trinajstić information content (AvgIpc) is 2.25. The van der Waals surface area contributed by atoms with Gasteiger partial charge < -0.3 is 14.9 Å². The van der Waals surface area contributed by atoms with Crippen molar-refractivity contribution < 1.29 is 24.5 Å². The minimum Gasteiger partial charge on any atom is -0.396 e. The van der Waals surface area contributed by atoms with Gasteiger partial charge in [-0.15, -0.1) is 0 Å². The van der Waals surface area contributed by atoms with Crippen LogP contribution in [0.4, 0.5) is 0 Å². The summed E-state index contributed by atoms with van der Waals surface area (Å²) in [7, 11) is 0. The molecule has 0 aromatic carbocycles. The molecule has 16 heavy (non-hydrogen) atoms. The molecule has 0 aromatic heterocycles. The van der Waals surface area contributed by atoms with E-state index in [9.17, 15) is 9.59 Å². The molecule has 5 nitrogen and oxygen atoms in total. The lowest BCUT2D eigenvalue weighted by Crippen LogP contribution is -2.16. The number of esters is 2. The summed E-state index contributed by atoms with van der Waals surface area (Å²) in [4.78, 5) is 22.4. The van der Waals surface area contributed by atoms with Crippen molar-refractivity contribution in [2.75, 3.05) is 13.2 Å². The number of rotatable bonds is 7. The summed E-state index contributed by atoms with van der Waals surface area (Å²) < 4.78 is 4.45. The van der Waals surface area contributed by atoms with Crippen LogP contribution >= 0.6 is 0 Å². The SMILES string of the molecule is C=C(CCO)C(=O)OC(=O)C(=C)CCCO. The summed E-state index contributed by atoms with van der Waals surface area (Å²) in [5.74, 6) is -1.68. The molecule has 0 aliphatic rings. The largest absolute Gasteiger partial charge is 0.396 e. The van der Waals surface area contributed by atoms with Gasteiger partial charge in [0.15, 0.2) is 0 Å². The van der Waals surface area contributed by atoms with Gasteiger partial charge in [0.05, 0.1) is 0 Å². The van der Waals surface area contributed by atoms with E-state index in [1.54, 1.807) is 0 Å². The van der Waals surface area contributed by atoms with Gasteiger partial charge in [0.25, 0.3) is 0 Å². The number of hydrogen-bond donors (Lipinski definition) is 2. The van der Waals surface area contributed by atoms with Gasteiger partial charge in [-0.2, -0.15) is 0 Å². The zero-order valence-corrected chi connectivity index (χ0v) is 9.07. The van der Waals surface area contributed by atoms with Gasteiger partial charge in [-0.1, -0.05) is 13.2 Å². The fourth-order valence-electron chi connectivity index (χ4n) is 0.860. The maximum absolute atomic E-state index is 11.2. The van der Waals surface area contributed by atoms with E-state index in [1.165, 1.54) is 0 Å². The van der Waals surface area contributed by atoms with Crippen LogP contribution in [0, 0.1) is 0 Å². The van der Waals surface area contributed by atoms with Crippen molar-refractivity contribution in [1.29, 1.82) is 0 Å². The monoisotopic (exact) mass is 228 g/mol. The first-order chi connectivity index (χ1) is 7.52. The Labute approximate surface area is 94.0 Å². The fourth-order valence-corrected chi connectivity index (χ4v) is 0.860. The molecular weight excluding hydrogens is 212 g/mol. The molecule has 0 aliphatic carbocycles. The molecule has 0 radical (unpaired) electrons. The number of carbonyl (C=O) groups is 2. The number of aliphatic hydroxyl groups is 2. The highest BCUT2D eigenvalue weighted by Crippen LogP contribution is 2.07. The van der Waals surface area contributed by atoms with Crippen LogP contribution in [-0.2, 0) is 14.3 Å². The molecule has 0 saturated carbocycles. The molecule has 0 amide bonds. The molecule has 90 valence electrons. The summed E-state index contributed by atoms with van der Waals surface area (Å²) >= 11 is 0. The first-order valence-corrected chi connectivity index (χ1v) is 4.86. The van der Waals surface area contributed by atoms with E-state index >= 15 is 0 Å². The van der Waals surface area contributed by atoms with Crippen molar-refractivity contribution in [3.63, 3.8) is 0 Å². The van der Waals surface area contributed by atoms with E-state index in [4.69, 9.17) is 10.2 Å². The molecular formula is C11H16O5. The van der Waals surface area contributed by atoms with Crippen molar-refractivity contribution in [1.82, 2.24) is 0 Å². The molecule has 2 N–H and O–H groups in total. The molecule has 0 spiro atoms. The van der Waals surface area contributed by atoms with Crippen LogP contribution in [0.25, 0.3) is 0 Å². The van der Waals surface area contributed by atoms with E-state index in [-0.39, 0.29) is 37.2 Å². The molecule has 0 saturated heterocycles. The lowest BCUT2D eigenvalue weighted by atomic mass is 10.2. The average molecular weight is 228 g/mol. The van der Waals surface area contributed by atoms with Gasteiger partial charge in [-0.05, 0) is 12.8 Å². The van der Waals surface area contributed by atoms with Gasteiger partial charge >= 0.3 is 11.9 Å².